The van der Waals surface area contributed by atoms with Crippen LogP contribution in [-0.4, -0.2) is 35.6 Å². The molecular formula is C14H28N2. The number of nitrogens with zero attached hydrogens (tertiary/aromatic N) is 1. The predicted octanol–water partition coefficient (Wildman–Crippen LogP) is 2.64. The molecule has 0 saturated carbocycles. The average molecular weight is 224 g/mol. The van der Waals surface area contributed by atoms with Crippen LogP contribution < -0.4 is 5.32 Å². The molecule has 16 heavy (non-hydrogen) atoms. The highest BCUT2D eigenvalue weighted by atomic mass is 15.3. The monoisotopic (exact) mass is 224 g/mol. The maximum atomic E-state index is 3.70. The third-order valence-electron chi connectivity index (χ3n) is 5.08. The van der Waals surface area contributed by atoms with Crippen molar-refractivity contribution in [2.45, 2.75) is 71.0 Å². The zero-order valence-electron chi connectivity index (χ0n) is 11.4. The number of hydrogen-bond acceptors (Lipinski definition) is 2. The highest BCUT2D eigenvalue weighted by Crippen LogP contribution is 2.40. The standard InChI is InChI=1S/C14H28N2/c1-11(2)12(3)16-10-6-8-14(16)7-5-9-15-13(14)4/h11-13,15H,5-10H2,1-4H3. The van der Waals surface area contributed by atoms with Gasteiger partial charge in [0.1, 0.15) is 0 Å². The maximum absolute atomic E-state index is 3.70. The van der Waals surface area contributed by atoms with Crippen molar-refractivity contribution in [1.82, 2.24) is 10.2 Å². The normalized spacial score (nSPS) is 38.4. The molecule has 1 N–H and O–H groups in total. The molecule has 1 spiro atoms. The summed E-state index contributed by atoms with van der Waals surface area (Å²) < 4.78 is 0. The molecule has 3 atom stereocenters. The fourth-order valence-electron chi connectivity index (χ4n) is 3.74. The summed E-state index contributed by atoms with van der Waals surface area (Å²) in [6.45, 7) is 12.1. The largest absolute Gasteiger partial charge is 0.312 e. The van der Waals surface area contributed by atoms with E-state index in [-0.39, 0.29) is 0 Å². The van der Waals surface area contributed by atoms with Crippen molar-refractivity contribution in [3.8, 4) is 0 Å². The second kappa shape index (κ2) is 4.66. The van der Waals surface area contributed by atoms with E-state index in [1.165, 1.54) is 38.8 Å². The van der Waals surface area contributed by atoms with Crippen molar-refractivity contribution in [3.05, 3.63) is 0 Å². The van der Waals surface area contributed by atoms with Crippen LogP contribution in [0.2, 0.25) is 0 Å². The summed E-state index contributed by atoms with van der Waals surface area (Å²) >= 11 is 0. The fourth-order valence-corrected chi connectivity index (χ4v) is 3.74. The van der Waals surface area contributed by atoms with Gasteiger partial charge >= 0.3 is 0 Å². The van der Waals surface area contributed by atoms with Crippen LogP contribution >= 0.6 is 0 Å². The highest BCUT2D eigenvalue weighted by Gasteiger charge is 2.47. The fraction of sp³-hybridized carbons (Fsp3) is 1.00. The summed E-state index contributed by atoms with van der Waals surface area (Å²) in [5.74, 6) is 0.768. The van der Waals surface area contributed by atoms with Gasteiger partial charge in [0.25, 0.3) is 0 Å². The molecule has 2 heteroatoms. The molecule has 0 aliphatic carbocycles. The van der Waals surface area contributed by atoms with Gasteiger partial charge in [-0.25, -0.2) is 0 Å². The lowest BCUT2D eigenvalue weighted by atomic mass is 9.79. The Hall–Kier alpha value is -0.0800. The van der Waals surface area contributed by atoms with Crippen molar-refractivity contribution < 1.29 is 0 Å². The Balaban J connectivity index is 2.17. The zero-order valence-corrected chi connectivity index (χ0v) is 11.4. The van der Waals surface area contributed by atoms with Crippen LogP contribution in [0.1, 0.15) is 53.4 Å². The number of nitrogens with one attached hydrogen (secondary N) is 1. The van der Waals surface area contributed by atoms with Gasteiger partial charge in [0, 0.05) is 17.6 Å². The van der Waals surface area contributed by atoms with Gasteiger partial charge in [-0.05, 0) is 58.5 Å². The molecule has 2 saturated heterocycles. The molecule has 2 rings (SSSR count). The lowest BCUT2D eigenvalue weighted by Gasteiger charge is -2.50. The van der Waals surface area contributed by atoms with E-state index < -0.39 is 0 Å². The number of likely N-dealkylation sites (tertiary alicyclic amines) is 1. The van der Waals surface area contributed by atoms with Crippen molar-refractivity contribution in [1.29, 1.82) is 0 Å². The molecule has 0 amide bonds. The smallest absolute Gasteiger partial charge is 0.0363 e. The van der Waals surface area contributed by atoms with Gasteiger partial charge in [0.05, 0.1) is 0 Å². The summed E-state index contributed by atoms with van der Waals surface area (Å²) in [4.78, 5) is 2.81. The Morgan fingerprint density at radius 1 is 1.19 bits per heavy atom. The van der Waals surface area contributed by atoms with Crippen LogP contribution in [0, 0.1) is 5.92 Å². The Morgan fingerprint density at radius 3 is 2.50 bits per heavy atom. The summed E-state index contributed by atoms with van der Waals surface area (Å²) in [6.07, 6.45) is 5.55. The molecule has 0 aromatic rings. The number of hydrogen-bond donors (Lipinski definition) is 1. The van der Waals surface area contributed by atoms with E-state index in [0.717, 1.165) is 12.0 Å². The van der Waals surface area contributed by atoms with Gasteiger partial charge < -0.3 is 5.32 Å². The molecule has 2 heterocycles. The summed E-state index contributed by atoms with van der Waals surface area (Å²) in [6, 6.07) is 1.40. The van der Waals surface area contributed by atoms with E-state index in [9.17, 15) is 0 Å². The molecule has 3 unspecified atom stereocenters. The van der Waals surface area contributed by atoms with Gasteiger partial charge in [-0.15, -0.1) is 0 Å². The first-order valence-corrected chi connectivity index (χ1v) is 7.08. The van der Waals surface area contributed by atoms with E-state index in [1.54, 1.807) is 0 Å². The first-order valence-electron chi connectivity index (χ1n) is 7.08. The molecule has 94 valence electrons. The van der Waals surface area contributed by atoms with E-state index >= 15 is 0 Å². The molecule has 2 nitrogen and oxygen atoms in total. The predicted molar refractivity (Wildman–Crippen MR) is 69.7 cm³/mol. The number of piperidine rings is 1. The van der Waals surface area contributed by atoms with Crippen LogP contribution in [0.25, 0.3) is 0 Å². The maximum Gasteiger partial charge on any atom is 0.0363 e. The third-order valence-corrected chi connectivity index (χ3v) is 5.08. The Morgan fingerprint density at radius 2 is 1.88 bits per heavy atom. The average Bonchev–Trinajstić information content (AvgIpc) is 2.66. The molecule has 0 aromatic heterocycles. The first kappa shape index (κ1) is 12.4. The van der Waals surface area contributed by atoms with E-state index in [2.05, 4.69) is 37.9 Å². The minimum Gasteiger partial charge on any atom is -0.312 e. The van der Waals surface area contributed by atoms with Crippen LogP contribution in [0.5, 0.6) is 0 Å². The quantitative estimate of drug-likeness (QED) is 0.776. The van der Waals surface area contributed by atoms with Crippen LogP contribution in [0.4, 0.5) is 0 Å². The van der Waals surface area contributed by atoms with E-state index in [4.69, 9.17) is 0 Å². The Labute approximate surface area is 101 Å². The van der Waals surface area contributed by atoms with Crippen molar-refractivity contribution in [3.63, 3.8) is 0 Å². The molecule has 0 radical (unpaired) electrons. The van der Waals surface area contributed by atoms with Gasteiger partial charge in [0.2, 0.25) is 0 Å². The Bertz CT molecular complexity index is 239. The highest BCUT2D eigenvalue weighted by molar-refractivity contribution is 5.06. The first-order chi connectivity index (χ1) is 7.58. The lowest BCUT2D eigenvalue weighted by molar-refractivity contribution is 0.0221. The van der Waals surface area contributed by atoms with Crippen LogP contribution in [-0.2, 0) is 0 Å². The topological polar surface area (TPSA) is 15.3 Å². The minimum atomic E-state index is 0.474. The van der Waals surface area contributed by atoms with Crippen molar-refractivity contribution in [2.75, 3.05) is 13.1 Å². The minimum absolute atomic E-state index is 0.474. The van der Waals surface area contributed by atoms with Crippen molar-refractivity contribution in [2.24, 2.45) is 5.92 Å². The molecule has 2 aliphatic heterocycles. The van der Waals surface area contributed by atoms with Gasteiger partial charge in [0.15, 0.2) is 0 Å². The Kier molecular flexibility index (Phi) is 3.60. The van der Waals surface area contributed by atoms with Crippen LogP contribution in [0.15, 0.2) is 0 Å². The van der Waals surface area contributed by atoms with E-state index in [0.29, 0.717) is 11.6 Å². The molecule has 2 fully saturated rings. The summed E-state index contributed by atoms with van der Waals surface area (Å²) in [5.41, 5.74) is 0.474. The van der Waals surface area contributed by atoms with Gasteiger partial charge in [-0.3, -0.25) is 4.90 Å². The molecule has 2 aliphatic rings. The summed E-state index contributed by atoms with van der Waals surface area (Å²) in [7, 11) is 0. The summed E-state index contributed by atoms with van der Waals surface area (Å²) in [5, 5.41) is 3.70. The van der Waals surface area contributed by atoms with Crippen LogP contribution in [0.3, 0.4) is 0 Å². The second-order valence-electron chi connectivity index (χ2n) is 6.16. The number of rotatable bonds is 2. The molecule has 0 aromatic carbocycles. The zero-order chi connectivity index (χ0) is 11.8. The second-order valence-corrected chi connectivity index (χ2v) is 6.16. The third kappa shape index (κ3) is 1.91. The van der Waals surface area contributed by atoms with Crippen molar-refractivity contribution >= 4 is 0 Å². The molecule has 0 bridgehead atoms. The molecular weight excluding hydrogens is 196 g/mol. The SMILES string of the molecule is CC(C)C(C)N1CCCC12CCCNC2C. The van der Waals surface area contributed by atoms with Gasteiger partial charge in [-0.2, -0.15) is 0 Å². The van der Waals surface area contributed by atoms with E-state index in [1.807, 2.05) is 0 Å². The van der Waals surface area contributed by atoms with Gasteiger partial charge in [-0.1, -0.05) is 13.8 Å². The lowest BCUT2D eigenvalue weighted by Crippen LogP contribution is -2.62.